The summed E-state index contributed by atoms with van der Waals surface area (Å²) < 4.78 is 29.9. The molecular weight excluding hydrogens is 481 g/mol. The van der Waals surface area contributed by atoms with Crippen molar-refractivity contribution in [3.63, 3.8) is 0 Å². The Morgan fingerprint density at radius 2 is 1.36 bits per heavy atom. The molecule has 0 aromatic heterocycles. The molecule has 1 heterocycles. The molecule has 0 radical (unpaired) electrons. The first-order chi connectivity index (χ1) is 15.6. The molecule has 3 aromatic rings. The van der Waals surface area contributed by atoms with E-state index in [-0.39, 0.29) is 16.8 Å². The monoisotopic (exact) mass is 503 g/mol. The molecule has 172 valence electrons. The highest BCUT2D eigenvalue weighted by molar-refractivity contribution is 7.90. The SMILES string of the molecule is CN1C(=O)[C@H](Cc2ccc(S(C)(=O)=O)cc2)O[C@@H](c2ccc(Cl)cc2)[C@H]1c1ccc(Cl)cc1. The molecule has 5 nitrogen and oxygen atoms in total. The minimum Gasteiger partial charge on any atom is -0.358 e. The predicted molar refractivity (Wildman–Crippen MR) is 129 cm³/mol. The van der Waals surface area contributed by atoms with Crippen LogP contribution in [0, 0.1) is 0 Å². The molecule has 3 aromatic carbocycles. The van der Waals surface area contributed by atoms with Crippen LogP contribution in [0.4, 0.5) is 0 Å². The van der Waals surface area contributed by atoms with E-state index in [0.29, 0.717) is 16.5 Å². The van der Waals surface area contributed by atoms with Gasteiger partial charge in [-0.3, -0.25) is 4.79 Å². The summed E-state index contributed by atoms with van der Waals surface area (Å²) in [6.07, 6.45) is 0.345. The predicted octanol–water partition coefficient (Wildman–Crippen LogP) is 5.28. The number of carbonyl (C=O) groups is 1. The normalized spacial score (nSPS) is 21.3. The van der Waals surface area contributed by atoms with Crippen molar-refractivity contribution in [3.05, 3.63) is 99.5 Å². The maximum atomic E-state index is 13.3. The van der Waals surface area contributed by atoms with Gasteiger partial charge in [-0.05, 0) is 53.1 Å². The summed E-state index contributed by atoms with van der Waals surface area (Å²) in [4.78, 5) is 15.2. The average Bonchev–Trinajstić information content (AvgIpc) is 2.78. The van der Waals surface area contributed by atoms with Crippen LogP contribution in [0.2, 0.25) is 10.0 Å². The second-order valence-electron chi connectivity index (χ2n) is 8.16. The standard InChI is InChI=1S/C25H23Cl2NO4S/c1-28-23(17-5-9-19(26)10-6-17)24(18-7-11-20(27)12-8-18)32-22(25(28)29)15-16-3-13-21(14-4-16)33(2,30)31/h3-14,22-24H,15H2,1-2H3/t22-,23+,24-/m0/s1. The highest BCUT2D eigenvalue weighted by Gasteiger charge is 2.42. The maximum Gasteiger partial charge on any atom is 0.252 e. The van der Waals surface area contributed by atoms with E-state index < -0.39 is 22.0 Å². The lowest BCUT2D eigenvalue weighted by Crippen LogP contribution is -2.49. The Balaban J connectivity index is 1.66. The molecule has 0 bridgehead atoms. The number of morpholine rings is 1. The zero-order chi connectivity index (χ0) is 23.8. The Hall–Kier alpha value is -2.38. The number of ether oxygens (including phenoxy) is 1. The van der Waals surface area contributed by atoms with Crippen molar-refractivity contribution in [1.82, 2.24) is 4.90 Å². The zero-order valence-corrected chi connectivity index (χ0v) is 20.4. The molecule has 0 saturated carbocycles. The van der Waals surface area contributed by atoms with Gasteiger partial charge >= 0.3 is 0 Å². The summed E-state index contributed by atoms with van der Waals surface area (Å²) in [5, 5.41) is 1.23. The molecule has 1 aliphatic rings. The van der Waals surface area contributed by atoms with Crippen LogP contribution in [-0.4, -0.2) is 38.6 Å². The highest BCUT2D eigenvalue weighted by Crippen LogP contribution is 2.42. The van der Waals surface area contributed by atoms with Crippen molar-refractivity contribution in [2.75, 3.05) is 13.3 Å². The number of rotatable bonds is 5. The van der Waals surface area contributed by atoms with Gasteiger partial charge in [0.1, 0.15) is 12.2 Å². The first kappa shape index (κ1) is 23.8. The smallest absolute Gasteiger partial charge is 0.252 e. The summed E-state index contributed by atoms with van der Waals surface area (Å²) in [6.45, 7) is 0. The van der Waals surface area contributed by atoms with Gasteiger partial charge in [-0.15, -0.1) is 0 Å². The van der Waals surface area contributed by atoms with E-state index in [4.69, 9.17) is 27.9 Å². The van der Waals surface area contributed by atoms with Gasteiger partial charge in [0.2, 0.25) is 0 Å². The first-order valence-electron chi connectivity index (χ1n) is 10.4. The third kappa shape index (κ3) is 5.25. The Morgan fingerprint density at radius 1 is 0.848 bits per heavy atom. The third-order valence-corrected chi connectivity index (χ3v) is 7.45. The number of hydrogen-bond acceptors (Lipinski definition) is 4. The summed E-state index contributed by atoms with van der Waals surface area (Å²) >= 11 is 12.2. The largest absolute Gasteiger partial charge is 0.358 e. The van der Waals surface area contributed by atoms with E-state index in [1.807, 2.05) is 24.3 Å². The summed E-state index contributed by atoms with van der Waals surface area (Å²) in [5.41, 5.74) is 2.62. The van der Waals surface area contributed by atoms with Crippen LogP contribution >= 0.6 is 23.2 Å². The summed E-state index contributed by atoms with van der Waals surface area (Å²) in [7, 11) is -1.52. The topological polar surface area (TPSA) is 63.7 Å². The number of halogens is 2. The Kier molecular flexibility index (Phi) is 6.82. The van der Waals surface area contributed by atoms with Gasteiger partial charge in [-0.2, -0.15) is 0 Å². The maximum absolute atomic E-state index is 13.3. The van der Waals surface area contributed by atoms with E-state index >= 15 is 0 Å². The molecule has 3 atom stereocenters. The molecule has 0 spiro atoms. The van der Waals surface area contributed by atoms with Gasteiger partial charge in [-0.1, -0.05) is 59.6 Å². The van der Waals surface area contributed by atoms with Crippen LogP contribution in [0.15, 0.2) is 77.7 Å². The molecular formula is C25H23Cl2NO4S. The number of carbonyl (C=O) groups excluding carboxylic acids is 1. The van der Waals surface area contributed by atoms with Gasteiger partial charge in [0, 0.05) is 29.8 Å². The Bertz CT molecular complexity index is 1240. The van der Waals surface area contributed by atoms with Crippen LogP contribution < -0.4 is 0 Å². The molecule has 33 heavy (non-hydrogen) atoms. The molecule has 4 rings (SSSR count). The lowest BCUT2D eigenvalue weighted by atomic mass is 9.91. The Labute approximate surface area is 203 Å². The van der Waals surface area contributed by atoms with E-state index in [0.717, 1.165) is 16.7 Å². The van der Waals surface area contributed by atoms with Crippen molar-refractivity contribution in [3.8, 4) is 0 Å². The molecule has 1 aliphatic heterocycles. The molecule has 8 heteroatoms. The number of sulfone groups is 1. The second-order valence-corrected chi connectivity index (χ2v) is 11.1. The number of likely N-dealkylation sites (N-methyl/N-ethyl adjacent to an activating group) is 1. The molecule has 0 aliphatic carbocycles. The fraction of sp³-hybridized carbons (Fsp3) is 0.240. The van der Waals surface area contributed by atoms with Crippen LogP contribution in [-0.2, 0) is 25.8 Å². The van der Waals surface area contributed by atoms with E-state index in [9.17, 15) is 13.2 Å². The van der Waals surface area contributed by atoms with E-state index in [1.54, 1.807) is 60.5 Å². The molecule has 1 fully saturated rings. The quantitative estimate of drug-likeness (QED) is 0.475. The number of benzene rings is 3. The molecule has 0 unspecified atom stereocenters. The summed E-state index contributed by atoms with van der Waals surface area (Å²) in [6, 6.07) is 21.0. The summed E-state index contributed by atoms with van der Waals surface area (Å²) in [5.74, 6) is -0.146. The second kappa shape index (κ2) is 9.47. The van der Waals surface area contributed by atoms with Crippen LogP contribution in [0.5, 0.6) is 0 Å². The fourth-order valence-corrected chi connectivity index (χ4v) is 4.95. The number of amides is 1. The van der Waals surface area contributed by atoms with Crippen LogP contribution in [0.3, 0.4) is 0 Å². The molecule has 0 N–H and O–H groups in total. The fourth-order valence-electron chi connectivity index (χ4n) is 4.07. The van der Waals surface area contributed by atoms with Crippen molar-refractivity contribution in [1.29, 1.82) is 0 Å². The van der Waals surface area contributed by atoms with Crippen molar-refractivity contribution in [2.45, 2.75) is 29.6 Å². The lowest BCUT2D eigenvalue weighted by Gasteiger charge is -2.43. The van der Waals surface area contributed by atoms with Gasteiger partial charge in [0.05, 0.1) is 10.9 Å². The van der Waals surface area contributed by atoms with Crippen molar-refractivity contribution in [2.24, 2.45) is 0 Å². The first-order valence-corrected chi connectivity index (χ1v) is 13.0. The van der Waals surface area contributed by atoms with Crippen molar-refractivity contribution < 1.29 is 17.9 Å². The number of hydrogen-bond donors (Lipinski definition) is 0. The van der Waals surface area contributed by atoms with Gasteiger partial charge < -0.3 is 9.64 Å². The van der Waals surface area contributed by atoms with Crippen LogP contribution in [0.25, 0.3) is 0 Å². The minimum atomic E-state index is -3.29. The third-order valence-electron chi connectivity index (χ3n) is 5.82. The van der Waals surface area contributed by atoms with E-state index in [1.165, 1.54) is 6.26 Å². The van der Waals surface area contributed by atoms with Crippen LogP contribution in [0.1, 0.15) is 28.8 Å². The van der Waals surface area contributed by atoms with Crippen molar-refractivity contribution >= 4 is 38.9 Å². The number of nitrogens with zero attached hydrogens (tertiary/aromatic N) is 1. The van der Waals surface area contributed by atoms with E-state index in [2.05, 4.69) is 0 Å². The van der Waals surface area contributed by atoms with Gasteiger partial charge in [0.15, 0.2) is 9.84 Å². The lowest BCUT2D eigenvalue weighted by molar-refractivity contribution is -0.171. The van der Waals surface area contributed by atoms with Gasteiger partial charge in [0.25, 0.3) is 5.91 Å². The highest BCUT2D eigenvalue weighted by atomic mass is 35.5. The zero-order valence-electron chi connectivity index (χ0n) is 18.1. The average molecular weight is 504 g/mol. The Morgan fingerprint density at radius 3 is 1.88 bits per heavy atom. The minimum absolute atomic E-state index is 0.146. The molecule has 1 saturated heterocycles. The van der Waals surface area contributed by atoms with Gasteiger partial charge in [-0.25, -0.2) is 8.42 Å². The molecule has 1 amide bonds.